The quantitative estimate of drug-likeness (QED) is 0.536. The minimum absolute atomic E-state index is 0.500. The van der Waals surface area contributed by atoms with E-state index in [1.54, 1.807) is 6.08 Å². The number of hydrogen-bond donors (Lipinski definition) is 0. The molecule has 1 aromatic carbocycles. The highest BCUT2D eigenvalue weighted by molar-refractivity contribution is 5.30. The maximum atomic E-state index is 5.71. The summed E-state index contributed by atoms with van der Waals surface area (Å²) in [7, 11) is 0. The van der Waals surface area contributed by atoms with Crippen molar-refractivity contribution >= 4 is 0 Å². The summed E-state index contributed by atoms with van der Waals surface area (Å²) in [5, 5.41) is 0. The molecule has 15 heavy (non-hydrogen) atoms. The maximum Gasteiger partial charge on any atom is 0.151 e. The number of ether oxygens (including phenoxy) is 1. The molecule has 1 unspecified atom stereocenters. The van der Waals surface area contributed by atoms with E-state index in [9.17, 15) is 0 Å². The van der Waals surface area contributed by atoms with Gasteiger partial charge in [0, 0.05) is 0 Å². The molecule has 0 aromatic heterocycles. The predicted molar refractivity (Wildman–Crippen MR) is 63.4 cm³/mol. The molecule has 0 aliphatic rings. The van der Waals surface area contributed by atoms with Crippen molar-refractivity contribution in [3.63, 3.8) is 0 Å². The third-order valence-corrected chi connectivity index (χ3v) is 2.18. The van der Waals surface area contributed by atoms with Gasteiger partial charge in [-0.15, -0.1) is 12.5 Å². The van der Waals surface area contributed by atoms with Crippen LogP contribution in [0.4, 0.5) is 0 Å². The fraction of sp³-hybridized carbons (Fsp3) is 0.286. The SMILES string of the molecule is C=CCOC(C)(C#CC)c1ccccc1. The molecule has 1 atom stereocenters. The lowest BCUT2D eigenvalue weighted by molar-refractivity contribution is 0.0288. The molecular weight excluding hydrogens is 184 g/mol. The lowest BCUT2D eigenvalue weighted by atomic mass is 9.96. The summed E-state index contributed by atoms with van der Waals surface area (Å²) in [6.07, 6.45) is 1.73. The highest BCUT2D eigenvalue weighted by atomic mass is 16.5. The first kappa shape index (κ1) is 11.6. The van der Waals surface area contributed by atoms with Crippen molar-refractivity contribution in [1.82, 2.24) is 0 Å². The minimum Gasteiger partial charge on any atom is -0.354 e. The molecule has 78 valence electrons. The van der Waals surface area contributed by atoms with E-state index in [4.69, 9.17) is 4.74 Å². The van der Waals surface area contributed by atoms with Gasteiger partial charge >= 0.3 is 0 Å². The molecule has 0 aliphatic heterocycles. The van der Waals surface area contributed by atoms with Gasteiger partial charge < -0.3 is 4.74 Å². The van der Waals surface area contributed by atoms with Gasteiger partial charge in [0.2, 0.25) is 0 Å². The highest BCUT2D eigenvalue weighted by Crippen LogP contribution is 2.24. The number of hydrogen-bond acceptors (Lipinski definition) is 1. The largest absolute Gasteiger partial charge is 0.354 e. The summed E-state index contributed by atoms with van der Waals surface area (Å²) in [5.74, 6) is 6.00. The molecule has 0 heterocycles. The minimum atomic E-state index is -0.537. The Labute approximate surface area is 91.8 Å². The zero-order valence-electron chi connectivity index (χ0n) is 9.29. The molecule has 0 saturated carbocycles. The second-order valence-corrected chi connectivity index (χ2v) is 3.37. The molecule has 0 fully saturated rings. The molecule has 0 aliphatic carbocycles. The Morgan fingerprint density at radius 1 is 1.40 bits per heavy atom. The molecule has 0 N–H and O–H groups in total. The third kappa shape index (κ3) is 2.97. The van der Waals surface area contributed by atoms with E-state index < -0.39 is 5.60 Å². The normalized spacial score (nSPS) is 13.5. The monoisotopic (exact) mass is 200 g/mol. The van der Waals surface area contributed by atoms with Crippen LogP contribution in [-0.2, 0) is 10.3 Å². The van der Waals surface area contributed by atoms with Crippen molar-refractivity contribution in [1.29, 1.82) is 0 Å². The topological polar surface area (TPSA) is 9.23 Å². The molecule has 0 spiro atoms. The van der Waals surface area contributed by atoms with Gasteiger partial charge in [-0.2, -0.15) is 0 Å². The van der Waals surface area contributed by atoms with E-state index in [-0.39, 0.29) is 0 Å². The van der Waals surface area contributed by atoms with Gasteiger partial charge in [-0.25, -0.2) is 0 Å². The highest BCUT2D eigenvalue weighted by Gasteiger charge is 2.23. The first-order valence-corrected chi connectivity index (χ1v) is 4.97. The van der Waals surface area contributed by atoms with Gasteiger partial charge in [-0.1, -0.05) is 42.3 Å². The van der Waals surface area contributed by atoms with E-state index in [0.29, 0.717) is 6.61 Å². The van der Waals surface area contributed by atoms with Gasteiger partial charge in [-0.3, -0.25) is 0 Å². The number of benzene rings is 1. The summed E-state index contributed by atoms with van der Waals surface area (Å²) in [5.41, 5.74) is 0.533. The van der Waals surface area contributed by atoms with E-state index in [1.807, 2.05) is 44.2 Å². The van der Waals surface area contributed by atoms with Crippen LogP contribution in [0, 0.1) is 11.8 Å². The number of rotatable bonds is 4. The van der Waals surface area contributed by atoms with E-state index in [2.05, 4.69) is 18.4 Å². The first-order chi connectivity index (χ1) is 7.23. The average molecular weight is 200 g/mol. The molecule has 0 amide bonds. The van der Waals surface area contributed by atoms with Crippen molar-refractivity contribution in [2.45, 2.75) is 19.4 Å². The second kappa shape index (κ2) is 5.38. The second-order valence-electron chi connectivity index (χ2n) is 3.37. The molecule has 0 bridgehead atoms. The summed E-state index contributed by atoms with van der Waals surface area (Å²) >= 11 is 0. The van der Waals surface area contributed by atoms with Gasteiger partial charge in [0.25, 0.3) is 0 Å². The van der Waals surface area contributed by atoms with E-state index >= 15 is 0 Å². The van der Waals surface area contributed by atoms with Crippen LogP contribution < -0.4 is 0 Å². The Morgan fingerprint density at radius 3 is 2.60 bits per heavy atom. The van der Waals surface area contributed by atoms with Gasteiger partial charge in [0.05, 0.1) is 6.61 Å². The Morgan fingerprint density at radius 2 is 2.07 bits per heavy atom. The molecule has 1 aromatic rings. The zero-order valence-corrected chi connectivity index (χ0v) is 9.29. The van der Waals surface area contributed by atoms with Crippen LogP contribution in [0.25, 0.3) is 0 Å². The van der Waals surface area contributed by atoms with Crippen LogP contribution in [0.5, 0.6) is 0 Å². The lowest BCUT2D eigenvalue weighted by Crippen LogP contribution is -2.24. The van der Waals surface area contributed by atoms with Crippen molar-refractivity contribution in [3.8, 4) is 11.8 Å². The van der Waals surface area contributed by atoms with Crippen LogP contribution in [0.1, 0.15) is 19.4 Å². The summed E-state index contributed by atoms with van der Waals surface area (Å²) in [6.45, 7) is 7.94. The Bertz CT molecular complexity index is 369. The molecule has 0 radical (unpaired) electrons. The van der Waals surface area contributed by atoms with E-state index in [0.717, 1.165) is 5.56 Å². The van der Waals surface area contributed by atoms with Crippen LogP contribution >= 0.6 is 0 Å². The van der Waals surface area contributed by atoms with Crippen molar-refractivity contribution < 1.29 is 4.74 Å². The van der Waals surface area contributed by atoms with Crippen LogP contribution in [0.3, 0.4) is 0 Å². The first-order valence-electron chi connectivity index (χ1n) is 4.97. The summed E-state index contributed by atoms with van der Waals surface area (Å²) < 4.78 is 5.71. The van der Waals surface area contributed by atoms with Gasteiger partial charge in [-0.05, 0) is 19.4 Å². The Hall–Kier alpha value is -1.52. The smallest absolute Gasteiger partial charge is 0.151 e. The molecule has 0 saturated heterocycles. The van der Waals surface area contributed by atoms with Crippen LogP contribution in [-0.4, -0.2) is 6.61 Å². The average Bonchev–Trinajstić information content (AvgIpc) is 2.28. The van der Waals surface area contributed by atoms with Crippen molar-refractivity contribution in [2.24, 2.45) is 0 Å². The van der Waals surface area contributed by atoms with Crippen LogP contribution in [0.2, 0.25) is 0 Å². The standard InChI is InChI=1S/C14H16O/c1-4-11-14(3,15-12-5-2)13-9-7-6-8-10-13/h5-10H,2,12H2,1,3H3. The van der Waals surface area contributed by atoms with E-state index in [1.165, 1.54) is 0 Å². The predicted octanol–water partition coefficient (Wildman–Crippen LogP) is 3.13. The summed E-state index contributed by atoms with van der Waals surface area (Å²) in [6, 6.07) is 10.0. The molecule has 1 rings (SSSR count). The summed E-state index contributed by atoms with van der Waals surface area (Å²) in [4.78, 5) is 0. The van der Waals surface area contributed by atoms with Crippen molar-refractivity contribution in [2.75, 3.05) is 6.61 Å². The fourth-order valence-electron chi connectivity index (χ4n) is 1.41. The van der Waals surface area contributed by atoms with Crippen LogP contribution in [0.15, 0.2) is 43.0 Å². The fourth-order valence-corrected chi connectivity index (χ4v) is 1.41. The maximum absolute atomic E-state index is 5.71. The van der Waals surface area contributed by atoms with Gasteiger partial charge in [0.15, 0.2) is 5.60 Å². The van der Waals surface area contributed by atoms with Gasteiger partial charge in [0.1, 0.15) is 0 Å². The Balaban J connectivity index is 2.99. The third-order valence-electron chi connectivity index (χ3n) is 2.18. The molecular formula is C14H16O. The zero-order chi connectivity index (χ0) is 11.1. The molecule has 1 nitrogen and oxygen atoms in total. The molecule has 1 heteroatoms. The van der Waals surface area contributed by atoms with Crippen molar-refractivity contribution in [3.05, 3.63) is 48.6 Å². The Kier molecular flexibility index (Phi) is 4.15. The lowest BCUT2D eigenvalue weighted by Gasteiger charge is -2.24.